The summed E-state index contributed by atoms with van der Waals surface area (Å²) in [5.74, 6) is 1.43. The zero-order chi connectivity index (χ0) is 20.6. The van der Waals surface area contributed by atoms with Crippen LogP contribution >= 0.6 is 11.8 Å². The summed E-state index contributed by atoms with van der Waals surface area (Å²) in [6, 6.07) is 8.58. The number of aromatic nitrogens is 1. The molecule has 29 heavy (non-hydrogen) atoms. The van der Waals surface area contributed by atoms with Gasteiger partial charge < -0.3 is 15.0 Å². The number of nitrogens with one attached hydrogen (secondary N) is 1. The molecule has 2 aromatic rings. The second-order valence-electron chi connectivity index (χ2n) is 7.00. The lowest BCUT2D eigenvalue weighted by Gasteiger charge is -2.28. The number of halogens is 1. The molecule has 1 aliphatic rings. The Bertz CT molecular complexity index is 841. The number of amides is 1. The first kappa shape index (κ1) is 21.6. The molecule has 156 valence electrons. The Morgan fingerprint density at radius 1 is 1.31 bits per heavy atom. The third-order valence-corrected chi connectivity index (χ3v) is 5.69. The van der Waals surface area contributed by atoms with E-state index in [2.05, 4.69) is 17.1 Å². The Kier molecular flexibility index (Phi) is 7.89. The SMILES string of the molecule is CCSc1nc(N2CCOCC2)cc(C)c1C(=O)NCCCc1cccc(F)c1. The maximum absolute atomic E-state index is 13.3. The van der Waals surface area contributed by atoms with Crippen molar-refractivity contribution in [3.8, 4) is 0 Å². The molecule has 0 aliphatic carbocycles. The number of pyridine rings is 1. The lowest BCUT2D eigenvalue weighted by atomic mass is 10.1. The van der Waals surface area contributed by atoms with Crippen molar-refractivity contribution in [2.75, 3.05) is 43.5 Å². The molecule has 0 saturated carbocycles. The number of thioether (sulfide) groups is 1. The summed E-state index contributed by atoms with van der Waals surface area (Å²) >= 11 is 1.59. The number of rotatable bonds is 8. The summed E-state index contributed by atoms with van der Waals surface area (Å²) in [6.45, 7) is 7.59. The molecule has 1 saturated heterocycles. The number of carbonyl (C=O) groups excluding carboxylic acids is 1. The van der Waals surface area contributed by atoms with Gasteiger partial charge in [0, 0.05) is 19.6 Å². The smallest absolute Gasteiger partial charge is 0.254 e. The standard InChI is InChI=1S/C22H28FN3O2S/c1-3-29-22-20(16(2)14-19(25-22)26-10-12-28-13-11-26)21(27)24-9-5-7-17-6-4-8-18(23)15-17/h4,6,8,14-15H,3,5,7,9-13H2,1-2H3,(H,24,27). The van der Waals surface area contributed by atoms with Crippen molar-refractivity contribution in [3.63, 3.8) is 0 Å². The number of anilines is 1. The van der Waals surface area contributed by atoms with Gasteiger partial charge in [-0.1, -0.05) is 19.1 Å². The highest BCUT2D eigenvalue weighted by Gasteiger charge is 2.20. The van der Waals surface area contributed by atoms with Gasteiger partial charge in [0.05, 0.1) is 18.8 Å². The molecule has 1 fully saturated rings. The minimum Gasteiger partial charge on any atom is -0.378 e. The van der Waals surface area contributed by atoms with Crippen molar-refractivity contribution in [2.45, 2.75) is 31.7 Å². The predicted molar refractivity (Wildman–Crippen MR) is 115 cm³/mol. The van der Waals surface area contributed by atoms with E-state index in [1.54, 1.807) is 17.8 Å². The van der Waals surface area contributed by atoms with Gasteiger partial charge in [-0.25, -0.2) is 9.37 Å². The zero-order valence-corrected chi connectivity index (χ0v) is 17.9. The van der Waals surface area contributed by atoms with Crippen molar-refractivity contribution >= 4 is 23.5 Å². The first-order valence-electron chi connectivity index (χ1n) is 10.1. The van der Waals surface area contributed by atoms with Crippen LogP contribution in [0.5, 0.6) is 0 Å². The van der Waals surface area contributed by atoms with Crippen molar-refractivity contribution in [1.29, 1.82) is 0 Å². The van der Waals surface area contributed by atoms with Gasteiger partial charge in [-0.15, -0.1) is 11.8 Å². The fraction of sp³-hybridized carbons (Fsp3) is 0.455. The Hall–Kier alpha value is -2.12. The number of hydrogen-bond acceptors (Lipinski definition) is 5. The summed E-state index contributed by atoms with van der Waals surface area (Å²) in [6.07, 6.45) is 1.48. The normalized spacial score (nSPS) is 14.1. The minimum absolute atomic E-state index is 0.0984. The van der Waals surface area contributed by atoms with E-state index in [0.29, 0.717) is 25.3 Å². The molecule has 1 amide bonds. The molecule has 1 aromatic heterocycles. The first-order valence-corrected chi connectivity index (χ1v) is 11.1. The Labute approximate surface area is 176 Å². The summed E-state index contributed by atoms with van der Waals surface area (Å²) < 4.78 is 18.7. The second kappa shape index (κ2) is 10.6. The van der Waals surface area contributed by atoms with E-state index in [0.717, 1.165) is 53.7 Å². The van der Waals surface area contributed by atoms with E-state index >= 15 is 0 Å². The molecule has 0 spiro atoms. The van der Waals surface area contributed by atoms with Gasteiger partial charge in [0.15, 0.2) is 0 Å². The molecule has 5 nitrogen and oxygen atoms in total. The maximum atomic E-state index is 13.3. The molecular weight excluding hydrogens is 389 g/mol. The van der Waals surface area contributed by atoms with E-state index in [1.165, 1.54) is 12.1 Å². The molecule has 2 heterocycles. The molecule has 0 radical (unpaired) electrons. The van der Waals surface area contributed by atoms with Crippen LogP contribution in [-0.4, -0.2) is 49.5 Å². The van der Waals surface area contributed by atoms with Crippen molar-refractivity contribution in [2.24, 2.45) is 0 Å². The molecule has 1 aliphatic heterocycles. The highest BCUT2D eigenvalue weighted by atomic mass is 32.2. The van der Waals surface area contributed by atoms with Gasteiger partial charge in [-0.3, -0.25) is 4.79 Å². The van der Waals surface area contributed by atoms with E-state index in [4.69, 9.17) is 9.72 Å². The van der Waals surface area contributed by atoms with Crippen molar-refractivity contribution < 1.29 is 13.9 Å². The molecule has 0 unspecified atom stereocenters. The molecule has 7 heteroatoms. The van der Waals surface area contributed by atoms with E-state index in [9.17, 15) is 9.18 Å². The maximum Gasteiger partial charge on any atom is 0.254 e. The number of nitrogens with zero attached hydrogens (tertiary/aromatic N) is 2. The number of benzene rings is 1. The molecule has 0 atom stereocenters. The lowest BCUT2D eigenvalue weighted by Crippen LogP contribution is -2.37. The monoisotopic (exact) mass is 417 g/mol. The van der Waals surface area contributed by atoms with Crippen LogP contribution in [0.25, 0.3) is 0 Å². The number of hydrogen-bond donors (Lipinski definition) is 1. The molecule has 3 rings (SSSR count). The van der Waals surface area contributed by atoms with Gasteiger partial charge >= 0.3 is 0 Å². The van der Waals surface area contributed by atoms with Crippen molar-refractivity contribution in [3.05, 3.63) is 52.8 Å². The third-order valence-electron chi connectivity index (χ3n) is 4.83. The lowest BCUT2D eigenvalue weighted by molar-refractivity contribution is 0.0948. The molecule has 1 aromatic carbocycles. The molecule has 1 N–H and O–H groups in total. The van der Waals surface area contributed by atoms with Crippen LogP contribution in [0.4, 0.5) is 10.2 Å². The van der Waals surface area contributed by atoms with Crippen LogP contribution in [0.2, 0.25) is 0 Å². The Morgan fingerprint density at radius 2 is 2.10 bits per heavy atom. The summed E-state index contributed by atoms with van der Waals surface area (Å²) in [5, 5.41) is 3.78. The quantitative estimate of drug-likeness (QED) is 0.522. The highest BCUT2D eigenvalue weighted by Crippen LogP contribution is 2.28. The topological polar surface area (TPSA) is 54.5 Å². The fourth-order valence-electron chi connectivity index (χ4n) is 3.37. The van der Waals surface area contributed by atoms with Crippen LogP contribution in [0.15, 0.2) is 35.4 Å². The average molecular weight is 418 g/mol. The van der Waals surface area contributed by atoms with Gasteiger partial charge in [0.1, 0.15) is 16.7 Å². The predicted octanol–water partition coefficient (Wildman–Crippen LogP) is 3.84. The third kappa shape index (κ3) is 5.93. The fourth-order valence-corrected chi connectivity index (χ4v) is 4.20. The summed E-state index contributed by atoms with van der Waals surface area (Å²) in [7, 11) is 0. The van der Waals surface area contributed by atoms with Crippen LogP contribution in [-0.2, 0) is 11.2 Å². The number of aryl methyl sites for hydroxylation is 2. The minimum atomic E-state index is -0.227. The summed E-state index contributed by atoms with van der Waals surface area (Å²) in [5.41, 5.74) is 2.52. The highest BCUT2D eigenvalue weighted by molar-refractivity contribution is 7.99. The van der Waals surface area contributed by atoms with Crippen molar-refractivity contribution in [1.82, 2.24) is 10.3 Å². The molecule has 0 bridgehead atoms. The van der Waals surface area contributed by atoms with Crippen LogP contribution < -0.4 is 10.2 Å². The van der Waals surface area contributed by atoms with E-state index < -0.39 is 0 Å². The number of morpholine rings is 1. The Balaban J connectivity index is 1.65. The first-order chi connectivity index (χ1) is 14.1. The van der Waals surface area contributed by atoms with Crippen LogP contribution in [0, 0.1) is 12.7 Å². The largest absolute Gasteiger partial charge is 0.378 e. The van der Waals surface area contributed by atoms with Gasteiger partial charge in [0.25, 0.3) is 5.91 Å². The summed E-state index contributed by atoms with van der Waals surface area (Å²) in [4.78, 5) is 19.8. The van der Waals surface area contributed by atoms with E-state index in [-0.39, 0.29) is 11.7 Å². The van der Waals surface area contributed by atoms with Gasteiger partial charge in [-0.05, 0) is 54.8 Å². The zero-order valence-electron chi connectivity index (χ0n) is 17.0. The molecular formula is C22H28FN3O2S. The number of carbonyl (C=O) groups is 1. The Morgan fingerprint density at radius 3 is 2.83 bits per heavy atom. The van der Waals surface area contributed by atoms with Crippen LogP contribution in [0.1, 0.15) is 34.8 Å². The van der Waals surface area contributed by atoms with Gasteiger partial charge in [-0.2, -0.15) is 0 Å². The van der Waals surface area contributed by atoms with E-state index in [1.807, 2.05) is 19.1 Å². The number of ether oxygens (including phenoxy) is 1. The van der Waals surface area contributed by atoms with Crippen LogP contribution in [0.3, 0.4) is 0 Å². The van der Waals surface area contributed by atoms with Gasteiger partial charge in [0.2, 0.25) is 0 Å². The second-order valence-corrected chi connectivity index (χ2v) is 8.25. The average Bonchev–Trinajstić information content (AvgIpc) is 2.72.